The third-order valence-corrected chi connectivity index (χ3v) is 5.48. The van der Waals surface area contributed by atoms with Crippen LogP contribution in [-0.2, 0) is 13.6 Å². The number of rotatable bonds is 5. The zero-order valence-corrected chi connectivity index (χ0v) is 18.2. The molecule has 0 atom stereocenters. The average Bonchev–Trinajstić information content (AvgIpc) is 3.18. The van der Waals surface area contributed by atoms with Crippen molar-refractivity contribution in [2.24, 2.45) is 7.05 Å². The van der Waals surface area contributed by atoms with Gasteiger partial charge in [-0.05, 0) is 48.1 Å². The van der Waals surface area contributed by atoms with Crippen LogP contribution in [0, 0.1) is 4.77 Å². The number of aromatic amines is 1. The summed E-state index contributed by atoms with van der Waals surface area (Å²) in [6.07, 6.45) is 1.64. The Hall–Kier alpha value is -3.72. The van der Waals surface area contributed by atoms with Gasteiger partial charge in [-0.1, -0.05) is 12.1 Å². The van der Waals surface area contributed by atoms with Crippen molar-refractivity contribution in [3.8, 4) is 0 Å². The molecule has 1 amide bonds. The third-order valence-electron chi connectivity index (χ3n) is 5.11. The number of carbonyl (C=O) groups is 1. The van der Waals surface area contributed by atoms with Gasteiger partial charge in [0.15, 0.2) is 4.77 Å². The van der Waals surface area contributed by atoms with Crippen LogP contribution in [0.3, 0.4) is 0 Å². The second kappa shape index (κ2) is 8.19. The SMILES string of the molecule is CN(C)c1ccc(Cn2nccc2NC(=O)c2ccc3c(=O)n(C)c(=S)[nH]c3c2)cc1. The first-order valence-corrected chi connectivity index (χ1v) is 10.1. The van der Waals surface area contributed by atoms with Gasteiger partial charge in [0, 0.05) is 38.5 Å². The van der Waals surface area contributed by atoms with Gasteiger partial charge in [0.2, 0.25) is 0 Å². The Labute approximate surface area is 183 Å². The Morgan fingerprint density at radius 3 is 2.61 bits per heavy atom. The highest BCUT2D eigenvalue weighted by Gasteiger charge is 2.12. The van der Waals surface area contributed by atoms with E-state index in [4.69, 9.17) is 12.2 Å². The smallest absolute Gasteiger partial charge is 0.261 e. The van der Waals surface area contributed by atoms with Gasteiger partial charge in [0.1, 0.15) is 5.82 Å². The standard InChI is InChI=1S/C22H22N6O2S/c1-26(2)16-7-4-14(5-8-16)13-28-19(10-11-23-28)25-20(29)15-6-9-17-18(12-15)24-22(31)27(3)21(17)30/h4-12H,13H2,1-3H3,(H,24,31)(H,25,29). The van der Waals surface area contributed by atoms with Crippen molar-refractivity contribution >= 4 is 40.5 Å². The van der Waals surface area contributed by atoms with Crippen molar-refractivity contribution < 1.29 is 4.79 Å². The maximum Gasteiger partial charge on any atom is 0.261 e. The number of anilines is 2. The van der Waals surface area contributed by atoms with Crippen molar-refractivity contribution in [3.63, 3.8) is 0 Å². The lowest BCUT2D eigenvalue weighted by Crippen LogP contribution is -2.20. The summed E-state index contributed by atoms with van der Waals surface area (Å²) in [4.78, 5) is 30.2. The average molecular weight is 435 g/mol. The summed E-state index contributed by atoms with van der Waals surface area (Å²) < 4.78 is 3.39. The molecule has 0 saturated heterocycles. The molecule has 9 heteroatoms. The highest BCUT2D eigenvalue weighted by atomic mass is 32.1. The number of hydrogen-bond donors (Lipinski definition) is 2. The second-order valence-electron chi connectivity index (χ2n) is 7.44. The lowest BCUT2D eigenvalue weighted by molar-refractivity contribution is 0.102. The summed E-state index contributed by atoms with van der Waals surface area (Å²) in [7, 11) is 5.60. The molecular weight excluding hydrogens is 412 g/mol. The molecule has 0 bridgehead atoms. The first kappa shape index (κ1) is 20.5. The Kier molecular flexibility index (Phi) is 5.43. The lowest BCUT2D eigenvalue weighted by atomic mass is 10.1. The Morgan fingerprint density at radius 2 is 1.90 bits per heavy atom. The number of nitrogens with one attached hydrogen (secondary N) is 2. The summed E-state index contributed by atoms with van der Waals surface area (Å²) in [6, 6.07) is 14.8. The molecule has 2 aromatic heterocycles. The van der Waals surface area contributed by atoms with E-state index >= 15 is 0 Å². The Bertz CT molecular complexity index is 1380. The Balaban J connectivity index is 1.56. The van der Waals surface area contributed by atoms with Crippen molar-refractivity contribution in [2.45, 2.75) is 6.54 Å². The van der Waals surface area contributed by atoms with Crippen molar-refractivity contribution in [3.05, 3.63) is 81.0 Å². The van der Waals surface area contributed by atoms with Gasteiger partial charge in [-0.25, -0.2) is 4.68 Å². The van der Waals surface area contributed by atoms with Gasteiger partial charge in [-0.15, -0.1) is 0 Å². The van der Waals surface area contributed by atoms with E-state index in [0.29, 0.717) is 33.6 Å². The molecule has 0 aliphatic rings. The molecule has 0 radical (unpaired) electrons. The zero-order chi connectivity index (χ0) is 22.1. The van der Waals surface area contributed by atoms with E-state index in [1.165, 1.54) is 4.57 Å². The van der Waals surface area contributed by atoms with Gasteiger partial charge in [-0.3, -0.25) is 14.2 Å². The second-order valence-corrected chi connectivity index (χ2v) is 7.83. The van der Waals surface area contributed by atoms with Crippen LogP contribution in [-0.4, -0.2) is 39.3 Å². The number of nitrogens with zero attached hydrogens (tertiary/aromatic N) is 4. The van der Waals surface area contributed by atoms with E-state index in [0.717, 1.165) is 11.3 Å². The molecule has 8 nitrogen and oxygen atoms in total. The molecule has 0 spiro atoms. The molecule has 0 saturated carbocycles. The van der Waals surface area contributed by atoms with Crippen LogP contribution in [0.1, 0.15) is 15.9 Å². The maximum atomic E-state index is 12.8. The Morgan fingerprint density at radius 1 is 1.16 bits per heavy atom. The minimum atomic E-state index is -0.299. The van der Waals surface area contributed by atoms with E-state index in [9.17, 15) is 9.59 Å². The normalized spacial score (nSPS) is 10.9. The number of benzene rings is 2. The monoisotopic (exact) mass is 434 g/mol. The highest BCUT2D eigenvalue weighted by Crippen LogP contribution is 2.17. The lowest BCUT2D eigenvalue weighted by Gasteiger charge is -2.13. The van der Waals surface area contributed by atoms with Crippen molar-refractivity contribution in [1.82, 2.24) is 19.3 Å². The number of hydrogen-bond acceptors (Lipinski definition) is 5. The number of H-pyrrole nitrogens is 1. The minimum absolute atomic E-state index is 0.205. The molecule has 2 N–H and O–H groups in total. The predicted octanol–water partition coefficient (Wildman–Crippen LogP) is 3.16. The summed E-state index contributed by atoms with van der Waals surface area (Å²) in [5, 5.41) is 7.69. The van der Waals surface area contributed by atoms with Crippen LogP contribution in [0.2, 0.25) is 0 Å². The van der Waals surface area contributed by atoms with Crippen LogP contribution in [0.25, 0.3) is 10.9 Å². The first-order valence-electron chi connectivity index (χ1n) is 9.66. The zero-order valence-electron chi connectivity index (χ0n) is 17.4. The van der Waals surface area contributed by atoms with Crippen LogP contribution < -0.4 is 15.8 Å². The molecule has 4 rings (SSSR count). The van der Waals surface area contributed by atoms with Crippen molar-refractivity contribution in [2.75, 3.05) is 24.3 Å². The summed E-state index contributed by atoms with van der Waals surface area (Å²) in [6.45, 7) is 0.525. The molecule has 31 heavy (non-hydrogen) atoms. The predicted molar refractivity (Wildman–Crippen MR) is 124 cm³/mol. The fourth-order valence-corrected chi connectivity index (χ4v) is 3.47. The van der Waals surface area contributed by atoms with Crippen LogP contribution in [0.5, 0.6) is 0 Å². The molecule has 158 valence electrons. The highest BCUT2D eigenvalue weighted by molar-refractivity contribution is 7.71. The quantitative estimate of drug-likeness (QED) is 0.471. The van der Waals surface area contributed by atoms with E-state index in [1.807, 2.05) is 43.3 Å². The van der Waals surface area contributed by atoms with Gasteiger partial charge in [0.25, 0.3) is 11.5 Å². The van der Waals surface area contributed by atoms with Crippen molar-refractivity contribution in [1.29, 1.82) is 0 Å². The number of aromatic nitrogens is 4. The number of amides is 1. The van der Waals surface area contributed by atoms with Gasteiger partial charge >= 0.3 is 0 Å². The molecule has 0 fully saturated rings. The molecule has 2 aromatic carbocycles. The van der Waals surface area contributed by atoms with E-state index < -0.39 is 0 Å². The van der Waals surface area contributed by atoms with Crippen LogP contribution in [0.15, 0.2) is 59.5 Å². The molecule has 0 unspecified atom stereocenters. The molecule has 0 aliphatic carbocycles. The van der Waals surface area contributed by atoms with E-state index in [2.05, 4.69) is 15.4 Å². The number of carbonyl (C=O) groups excluding carboxylic acids is 1. The van der Waals surface area contributed by atoms with Gasteiger partial charge in [0.05, 0.1) is 23.6 Å². The van der Waals surface area contributed by atoms with E-state index in [-0.39, 0.29) is 11.5 Å². The number of fused-ring (bicyclic) bond motifs is 1. The van der Waals surface area contributed by atoms with Crippen LogP contribution in [0.4, 0.5) is 11.5 Å². The van der Waals surface area contributed by atoms with Crippen LogP contribution >= 0.6 is 12.2 Å². The van der Waals surface area contributed by atoms with Gasteiger partial charge < -0.3 is 15.2 Å². The molecular formula is C22H22N6O2S. The first-order chi connectivity index (χ1) is 14.8. The summed E-state index contributed by atoms with van der Waals surface area (Å²) in [5.74, 6) is 0.283. The fraction of sp³-hybridized carbons (Fsp3) is 0.182. The molecule has 2 heterocycles. The van der Waals surface area contributed by atoms with E-state index in [1.54, 1.807) is 42.2 Å². The minimum Gasteiger partial charge on any atom is -0.378 e. The largest absolute Gasteiger partial charge is 0.378 e. The summed E-state index contributed by atoms with van der Waals surface area (Å²) in [5.41, 5.74) is 2.91. The fourth-order valence-electron chi connectivity index (χ4n) is 3.27. The third kappa shape index (κ3) is 4.13. The molecule has 0 aliphatic heterocycles. The topological polar surface area (TPSA) is 87.9 Å². The maximum absolute atomic E-state index is 12.8. The molecule has 4 aromatic rings. The van der Waals surface area contributed by atoms with Gasteiger partial charge in [-0.2, -0.15) is 5.10 Å². The summed E-state index contributed by atoms with van der Waals surface area (Å²) >= 11 is 5.16.